The highest BCUT2D eigenvalue weighted by atomic mass is 16.2. The number of likely N-dealkylation sites (tertiary alicyclic amines) is 1. The van der Waals surface area contributed by atoms with E-state index in [4.69, 9.17) is 0 Å². The number of hydrogen-bond acceptors (Lipinski definition) is 2. The van der Waals surface area contributed by atoms with Gasteiger partial charge in [0.2, 0.25) is 5.91 Å². The van der Waals surface area contributed by atoms with Crippen LogP contribution in [0.1, 0.15) is 46.0 Å². The van der Waals surface area contributed by atoms with Gasteiger partial charge in [0.05, 0.1) is 0 Å². The van der Waals surface area contributed by atoms with Crippen molar-refractivity contribution in [2.75, 3.05) is 13.6 Å². The molecule has 3 unspecified atom stereocenters. The molecule has 2 aliphatic rings. The van der Waals surface area contributed by atoms with Crippen molar-refractivity contribution < 1.29 is 4.79 Å². The predicted octanol–water partition coefficient (Wildman–Crippen LogP) is 2.02. The molecule has 0 bridgehead atoms. The number of carbonyl (C=O) groups excluding carboxylic acids is 1. The number of rotatable bonds is 2. The molecule has 0 spiro atoms. The minimum atomic E-state index is 0.299. The summed E-state index contributed by atoms with van der Waals surface area (Å²) in [5.74, 6) is 1.86. The van der Waals surface area contributed by atoms with Gasteiger partial charge in [-0.2, -0.15) is 0 Å². The lowest BCUT2D eigenvalue weighted by atomic mass is 9.78. The minimum Gasteiger partial charge on any atom is -0.344 e. The molecule has 1 aliphatic carbocycles. The van der Waals surface area contributed by atoms with E-state index in [1.165, 1.54) is 19.3 Å². The first-order valence-corrected chi connectivity index (χ1v) is 7.08. The van der Waals surface area contributed by atoms with Crippen LogP contribution in [0.3, 0.4) is 0 Å². The molecular weight excluding hydrogens is 212 g/mol. The second-order valence-corrected chi connectivity index (χ2v) is 6.09. The summed E-state index contributed by atoms with van der Waals surface area (Å²) < 4.78 is 0. The number of hydrogen-bond donors (Lipinski definition) is 1. The molecule has 3 atom stereocenters. The van der Waals surface area contributed by atoms with Crippen LogP contribution in [0.2, 0.25) is 0 Å². The van der Waals surface area contributed by atoms with Gasteiger partial charge in [0.25, 0.3) is 0 Å². The van der Waals surface area contributed by atoms with E-state index in [2.05, 4.69) is 19.2 Å². The van der Waals surface area contributed by atoms with Gasteiger partial charge in [-0.25, -0.2) is 0 Å². The van der Waals surface area contributed by atoms with Crippen molar-refractivity contribution in [2.45, 2.75) is 58.0 Å². The van der Waals surface area contributed by atoms with Crippen LogP contribution in [0.4, 0.5) is 0 Å². The molecule has 98 valence electrons. The van der Waals surface area contributed by atoms with Crippen LogP contribution in [-0.4, -0.2) is 36.5 Å². The molecule has 1 saturated carbocycles. The molecule has 17 heavy (non-hydrogen) atoms. The van der Waals surface area contributed by atoms with Gasteiger partial charge in [-0.3, -0.25) is 4.79 Å². The molecule has 1 heterocycles. The van der Waals surface area contributed by atoms with E-state index in [0.29, 0.717) is 24.4 Å². The maximum atomic E-state index is 11.5. The first-order chi connectivity index (χ1) is 8.08. The molecule has 1 aliphatic heterocycles. The molecule has 3 nitrogen and oxygen atoms in total. The molecule has 1 N–H and O–H groups in total. The molecule has 2 rings (SSSR count). The van der Waals surface area contributed by atoms with Gasteiger partial charge in [0.15, 0.2) is 0 Å². The van der Waals surface area contributed by atoms with Crippen molar-refractivity contribution in [1.29, 1.82) is 0 Å². The average Bonchev–Trinajstić information content (AvgIpc) is 2.28. The minimum absolute atomic E-state index is 0.299. The van der Waals surface area contributed by atoms with Crippen LogP contribution in [0, 0.1) is 11.8 Å². The number of nitrogens with zero attached hydrogens (tertiary/aromatic N) is 1. The number of nitrogens with one attached hydrogen (secondary N) is 1. The third-order valence-corrected chi connectivity index (χ3v) is 4.60. The van der Waals surface area contributed by atoms with E-state index in [1.54, 1.807) is 0 Å². The lowest BCUT2D eigenvalue weighted by Gasteiger charge is -2.40. The Balaban J connectivity index is 1.89. The molecule has 0 aromatic heterocycles. The summed E-state index contributed by atoms with van der Waals surface area (Å²) in [5, 5.41) is 3.81. The van der Waals surface area contributed by atoms with E-state index >= 15 is 0 Å². The smallest absolute Gasteiger partial charge is 0.222 e. The number of carbonyl (C=O) groups is 1. The van der Waals surface area contributed by atoms with E-state index in [0.717, 1.165) is 24.8 Å². The van der Waals surface area contributed by atoms with E-state index in [1.807, 2.05) is 11.9 Å². The number of likely N-dealkylation sites (N-methyl/N-ethyl adjacent to an activating group) is 1. The van der Waals surface area contributed by atoms with Crippen molar-refractivity contribution in [3.63, 3.8) is 0 Å². The van der Waals surface area contributed by atoms with Gasteiger partial charge in [0, 0.05) is 32.1 Å². The van der Waals surface area contributed by atoms with Gasteiger partial charge < -0.3 is 10.2 Å². The van der Waals surface area contributed by atoms with E-state index < -0.39 is 0 Å². The van der Waals surface area contributed by atoms with Crippen molar-refractivity contribution >= 4 is 5.91 Å². The van der Waals surface area contributed by atoms with E-state index in [9.17, 15) is 4.79 Å². The molecule has 0 radical (unpaired) electrons. The summed E-state index contributed by atoms with van der Waals surface area (Å²) in [6.07, 6.45) is 5.80. The molecule has 1 saturated heterocycles. The third kappa shape index (κ3) is 3.01. The van der Waals surface area contributed by atoms with Crippen LogP contribution >= 0.6 is 0 Å². The van der Waals surface area contributed by atoms with Gasteiger partial charge in [0.1, 0.15) is 0 Å². The Hall–Kier alpha value is -0.570. The summed E-state index contributed by atoms with van der Waals surface area (Å²) in [6.45, 7) is 5.62. The molecule has 1 amide bonds. The Bertz CT molecular complexity index is 269. The topological polar surface area (TPSA) is 32.3 Å². The van der Waals surface area contributed by atoms with Crippen molar-refractivity contribution in [2.24, 2.45) is 11.8 Å². The summed E-state index contributed by atoms with van der Waals surface area (Å²) >= 11 is 0. The maximum absolute atomic E-state index is 11.5. The Kier molecular flexibility index (Phi) is 4.08. The summed E-state index contributed by atoms with van der Waals surface area (Å²) in [5.41, 5.74) is 0. The molecule has 2 fully saturated rings. The fourth-order valence-electron chi connectivity index (χ4n) is 3.43. The third-order valence-electron chi connectivity index (χ3n) is 4.60. The van der Waals surface area contributed by atoms with Gasteiger partial charge >= 0.3 is 0 Å². The summed E-state index contributed by atoms with van der Waals surface area (Å²) in [4.78, 5) is 13.3. The highest BCUT2D eigenvalue weighted by molar-refractivity contribution is 5.76. The number of piperidine rings is 1. The molecular formula is C14H26N2O. The van der Waals surface area contributed by atoms with Crippen LogP contribution in [0.15, 0.2) is 0 Å². The lowest BCUT2D eigenvalue weighted by molar-refractivity contribution is -0.132. The Morgan fingerprint density at radius 2 is 1.82 bits per heavy atom. The Morgan fingerprint density at radius 1 is 1.18 bits per heavy atom. The highest BCUT2D eigenvalue weighted by Crippen LogP contribution is 2.29. The fraction of sp³-hybridized carbons (Fsp3) is 0.929. The normalized spacial score (nSPS) is 39.5. The van der Waals surface area contributed by atoms with Crippen LogP contribution in [-0.2, 0) is 4.79 Å². The monoisotopic (exact) mass is 238 g/mol. The first kappa shape index (κ1) is 12.9. The van der Waals surface area contributed by atoms with Crippen molar-refractivity contribution in [3.05, 3.63) is 0 Å². The molecule has 0 aromatic rings. The molecule has 0 aromatic carbocycles. The molecule has 3 heteroatoms. The average molecular weight is 238 g/mol. The van der Waals surface area contributed by atoms with Crippen molar-refractivity contribution in [1.82, 2.24) is 10.2 Å². The Morgan fingerprint density at radius 3 is 2.41 bits per heavy atom. The van der Waals surface area contributed by atoms with Crippen molar-refractivity contribution in [3.8, 4) is 0 Å². The first-order valence-electron chi connectivity index (χ1n) is 7.08. The SMILES string of the molecule is CC1CCCC(C)C1NC1CCC(=O)N(C)C1. The maximum Gasteiger partial charge on any atom is 0.222 e. The van der Waals surface area contributed by atoms with Crippen LogP contribution in [0.25, 0.3) is 0 Å². The number of amides is 1. The van der Waals surface area contributed by atoms with Crippen LogP contribution < -0.4 is 5.32 Å². The lowest BCUT2D eigenvalue weighted by Crippen LogP contribution is -2.53. The van der Waals surface area contributed by atoms with Gasteiger partial charge in [-0.1, -0.05) is 20.3 Å². The predicted molar refractivity (Wildman–Crippen MR) is 69.8 cm³/mol. The highest BCUT2D eigenvalue weighted by Gasteiger charge is 2.31. The standard InChI is InChI=1S/C14H26N2O/c1-10-5-4-6-11(2)14(10)15-12-7-8-13(17)16(3)9-12/h10-12,14-15H,4-9H2,1-3H3. The quantitative estimate of drug-likeness (QED) is 0.798. The second kappa shape index (κ2) is 5.38. The zero-order chi connectivity index (χ0) is 12.4. The zero-order valence-corrected chi connectivity index (χ0v) is 11.4. The summed E-state index contributed by atoms with van der Waals surface area (Å²) in [7, 11) is 1.92. The fourth-order valence-corrected chi connectivity index (χ4v) is 3.43. The summed E-state index contributed by atoms with van der Waals surface area (Å²) in [6, 6.07) is 1.15. The Labute approximate surface area is 105 Å². The van der Waals surface area contributed by atoms with Crippen LogP contribution in [0.5, 0.6) is 0 Å². The van der Waals surface area contributed by atoms with E-state index in [-0.39, 0.29) is 0 Å². The van der Waals surface area contributed by atoms with Gasteiger partial charge in [-0.15, -0.1) is 0 Å². The zero-order valence-electron chi connectivity index (χ0n) is 11.4. The second-order valence-electron chi connectivity index (χ2n) is 6.09. The largest absolute Gasteiger partial charge is 0.344 e. The van der Waals surface area contributed by atoms with Gasteiger partial charge in [-0.05, 0) is 31.1 Å².